The molecule has 0 spiro atoms. The average Bonchev–Trinajstić information content (AvgIpc) is 2.34. The maximum atomic E-state index is 8.89. The van der Waals surface area contributed by atoms with E-state index in [1.807, 2.05) is 32.0 Å². The van der Waals surface area contributed by atoms with Crippen LogP contribution in [0.3, 0.4) is 0 Å². The van der Waals surface area contributed by atoms with Crippen LogP contribution < -0.4 is 5.32 Å². The van der Waals surface area contributed by atoms with Gasteiger partial charge in [0.15, 0.2) is 0 Å². The Labute approximate surface area is 115 Å². The molecule has 1 N–H and O–H groups in total. The number of benzene rings is 1. The van der Waals surface area contributed by atoms with Crippen molar-refractivity contribution in [1.82, 2.24) is 5.32 Å². The minimum atomic E-state index is -0.188. The monoisotopic (exact) mass is 264 g/mol. The summed E-state index contributed by atoms with van der Waals surface area (Å²) in [6, 6.07) is 10.2. The Morgan fingerprint density at radius 1 is 1.33 bits per heavy atom. The molecule has 1 aromatic carbocycles. The number of hydrogen-bond donors (Lipinski definition) is 1. The molecule has 0 aromatic heterocycles. The molecule has 0 heterocycles. The minimum absolute atomic E-state index is 0.188. The Kier molecular flexibility index (Phi) is 6.18. The molecule has 0 saturated heterocycles. The maximum Gasteiger partial charge on any atom is 0.0683 e. The molecular formula is C15H21ClN2. The first-order valence-electron chi connectivity index (χ1n) is 6.40. The van der Waals surface area contributed by atoms with Crippen molar-refractivity contribution >= 4 is 11.6 Å². The van der Waals surface area contributed by atoms with Crippen LogP contribution >= 0.6 is 11.6 Å². The van der Waals surface area contributed by atoms with Crippen molar-refractivity contribution < 1.29 is 0 Å². The van der Waals surface area contributed by atoms with Crippen molar-refractivity contribution in [3.05, 3.63) is 34.9 Å². The van der Waals surface area contributed by atoms with Gasteiger partial charge in [0.05, 0.1) is 11.5 Å². The molecule has 2 nitrogen and oxygen atoms in total. The topological polar surface area (TPSA) is 35.8 Å². The first-order chi connectivity index (χ1) is 8.53. The third-order valence-corrected chi connectivity index (χ3v) is 3.16. The van der Waals surface area contributed by atoms with Crippen LogP contribution in [0.15, 0.2) is 24.3 Å². The molecule has 1 rings (SSSR count). The van der Waals surface area contributed by atoms with E-state index in [-0.39, 0.29) is 5.41 Å². The largest absolute Gasteiger partial charge is 0.313 e. The third-order valence-electron chi connectivity index (χ3n) is 2.93. The second-order valence-electron chi connectivity index (χ2n) is 5.26. The van der Waals surface area contributed by atoms with Crippen molar-refractivity contribution in [3.8, 4) is 6.07 Å². The number of halogens is 1. The number of nitriles is 1. The van der Waals surface area contributed by atoms with E-state index >= 15 is 0 Å². The van der Waals surface area contributed by atoms with E-state index in [9.17, 15) is 0 Å². The first-order valence-corrected chi connectivity index (χ1v) is 6.78. The second kappa shape index (κ2) is 7.41. The van der Waals surface area contributed by atoms with E-state index in [0.29, 0.717) is 0 Å². The predicted molar refractivity (Wildman–Crippen MR) is 76.4 cm³/mol. The fourth-order valence-corrected chi connectivity index (χ4v) is 1.97. The summed E-state index contributed by atoms with van der Waals surface area (Å²) in [6.07, 6.45) is 3.15. The highest BCUT2D eigenvalue weighted by molar-refractivity contribution is 6.30. The predicted octanol–water partition coefficient (Wildman–Crippen LogP) is 4.15. The molecule has 0 aliphatic heterocycles. The number of nitrogens with zero attached hydrogens (tertiary/aromatic N) is 1. The summed E-state index contributed by atoms with van der Waals surface area (Å²) in [7, 11) is 0. The van der Waals surface area contributed by atoms with Gasteiger partial charge in [-0.15, -0.1) is 0 Å². The van der Waals surface area contributed by atoms with Gasteiger partial charge in [0.25, 0.3) is 0 Å². The van der Waals surface area contributed by atoms with Gasteiger partial charge in [-0.1, -0.05) is 30.2 Å². The Balaban J connectivity index is 2.11. The standard InChI is InChI=1S/C15H21ClN2/c1-15(2,12-17)8-3-4-9-18-11-13-6-5-7-14(16)10-13/h5-7,10,18H,3-4,8-9,11H2,1-2H3. The van der Waals surface area contributed by atoms with Crippen LogP contribution in [0.5, 0.6) is 0 Å². The van der Waals surface area contributed by atoms with Gasteiger partial charge < -0.3 is 5.32 Å². The van der Waals surface area contributed by atoms with Gasteiger partial charge in [-0.3, -0.25) is 0 Å². The summed E-state index contributed by atoms with van der Waals surface area (Å²) in [6.45, 7) is 5.81. The fraction of sp³-hybridized carbons (Fsp3) is 0.533. The Morgan fingerprint density at radius 3 is 2.78 bits per heavy atom. The molecule has 0 fully saturated rings. The Morgan fingerprint density at radius 2 is 2.11 bits per heavy atom. The van der Waals surface area contributed by atoms with Gasteiger partial charge in [-0.2, -0.15) is 5.26 Å². The smallest absolute Gasteiger partial charge is 0.0683 e. The summed E-state index contributed by atoms with van der Waals surface area (Å²) < 4.78 is 0. The summed E-state index contributed by atoms with van der Waals surface area (Å²) >= 11 is 5.92. The van der Waals surface area contributed by atoms with Gasteiger partial charge in [-0.05, 0) is 50.9 Å². The molecule has 1 aromatic rings. The van der Waals surface area contributed by atoms with E-state index in [1.165, 1.54) is 5.56 Å². The molecular weight excluding hydrogens is 244 g/mol. The minimum Gasteiger partial charge on any atom is -0.313 e. The summed E-state index contributed by atoms with van der Waals surface area (Å²) in [5.41, 5.74) is 1.02. The first kappa shape index (κ1) is 15.0. The second-order valence-corrected chi connectivity index (χ2v) is 5.70. The van der Waals surface area contributed by atoms with Crippen molar-refractivity contribution in [1.29, 1.82) is 5.26 Å². The van der Waals surface area contributed by atoms with Crippen molar-refractivity contribution in [2.45, 2.75) is 39.7 Å². The zero-order valence-electron chi connectivity index (χ0n) is 11.2. The molecule has 0 aliphatic rings. The normalized spacial score (nSPS) is 11.2. The average molecular weight is 265 g/mol. The Hall–Kier alpha value is -1.04. The maximum absolute atomic E-state index is 8.89. The molecule has 0 saturated carbocycles. The lowest BCUT2D eigenvalue weighted by atomic mass is 9.89. The van der Waals surface area contributed by atoms with E-state index in [0.717, 1.165) is 37.4 Å². The van der Waals surface area contributed by atoms with Gasteiger partial charge >= 0.3 is 0 Å². The molecule has 98 valence electrons. The molecule has 0 amide bonds. The number of unbranched alkanes of at least 4 members (excludes halogenated alkanes) is 1. The lowest BCUT2D eigenvalue weighted by Gasteiger charge is -2.14. The van der Waals surface area contributed by atoms with Crippen LogP contribution in [-0.4, -0.2) is 6.54 Å². The zero-order chi connectivity index (χ0) is 13.4. The molecule has 0 bridgehead atoms. The number of nitrogens with one attached hydrogen (secondary N) is 1. The zero-order valence-corrected chi connectivity index (χ0v) is 11.9. The molecule has 3 heteroatoms. The van der Waals surface area contributed by atoms with E-state index < -0.39 is 0 Å². The highest BCUT2D eigenvalue weighted by Crippen LogP contribution is 2.21. The molecule has 18 heavy (non-hydrogen) atoms. The van der Waals surface area contributed by atoms with Gasteiger partial charge in [0.1, 0.15) is 0 Å². The summed E-state index contributed by atoms with van der Waals surface area (Å²) in [5, 5.41) is 13.1. The molecule has 0 radical (unpaired) electrons. The SMILES string of the molecule is CC(C)(C#N)CCCCNCc1cccc(Cl)c1. The van der Waals surface area contributed by atoms with Gasteiger partial charge in [-0.25, -0.2) is 0 Å². The van der Waals surface area contributed by atoms with Crippen LogP contribution in [0.25, 0.3) is 0 Å². The Bertz CT molecular complexity index is 407. The van der Waals surface area contributed by atoms with E-state index in [4.69, 9.17) is 16.9 Å². The molecule has 0 aliphatic carbocycles. The fourth-order valence-electron chi connectivity index (χ4n) is 1.75. The van der Waals surface area contributed by atoms with E-state index in [2.05, 4.69) is 17.5 Å². The van der Waals surface area contributed by atoms with Crippen molar-refractivity contribution in [2.24, 2.45) is 5.41 Å². The van der Waals surface area contributed by atoms with Crippen molar-refractivity contribution in [2.75, 3.05) is 6.54 Å². The lowest BCUT2D eigenvalue weighted by molar-refractivity contribution is 0.422. The van der Waals surface area contributed by atoms with Crippen LogP contribution in [-0.2, 0) is 6.54 Å². The van der Waals surface area contributed by atoms with Gasteiger partial charge in [0, 0.05) is 11.6 Å². The van der Waals surface area contributed by atoms with Crippen LogP contribution in [0.4, 0.5) is 0 Å². The van der Waals surface area contributed by atoms with Crippen LogP contribution in [0, 0.1) is 16.7 Å². The highest BCUT2D eigenvalue weighted by atomic mass is 35.5. The molecule has 0 atom stereocenters. The van der Waals surface area contributed by atoms with Crippen LogP contribution in [0.1, 0.15) is 38.7 Å². The number of hydrogen-bond acceptors (Lipinski definition) is 2. The van der Waals surface area contributed by atoms with Crippen LogP contribution in [0.2, 0.25) is 5.02 Å². The lowest BCUT2D eigenvalue weighted by Crippen LogP contribution is -2.15. The summed E-state index contributed by atoms with van der Waals surface area (Å²) in [5.74, 6) is 0. The highest BCUT2D eigenvalue weighted by Gasteiger charge is 2.15. The third kappa shape index (κ3) is 6.05. The van der Waals surface area contributed by atoms with E-state index in [1.54, 1.807) is 0 Å². The van der Waals surface area contributed by atoms with Crippen molar-refractivity contribution in [3.63, 3.8) is 0 Å². The van der Waals surface area contributed by atoms with Gasteiger partial charge in [0.2, 0.25) is 0 Å². The molecule has 0 unspecified atom stereocenters. The summed E-state index contributed by atoms with van der Waals surface area (Å²) in [4.78, 5) is 0. The number of rotatable bonds is 7. The quantitative estimate of drug-likeness (QED) is 0.751.